The normalized spacial score (nSPS) is 12.6. The van der Waals surface area contributed by atoms with Crippen molar-refractivity contribution in [1.29, 1.82) is 0 Å². The molecule has 1 amide bonds. The number of H-pyrrole nitrogens is 1. The molecule has 1 unspecified atom stereocenters. The van der Waals surface area contributed by atoms with Gasteiger partial charge in [-0.05, 0) is 6.42 Å². The molecule has 17 heavy (non-hydrogen) atoms. The van der Waals surface area contributed by atoms with Crippen LogP contribution in [0.25, 0.3) is 11.2 Å². The molecule has 0 bridgehead atoms. The van der Waals surface area contributed by atoms with Gasteiger partial charge < -0.3 is 4.98 Å². The number of nitrogens with one attached hydrogen (secondary N) is 2. The van der Waals surface area contributed by atoms with E-state index in [2.05, 4.69) is 41.2 Å². The maximum Gasteiger partial charge on any atom is 0.240 e. The Morgan fingerprint density at radius 2 is 2.41 bits per heavy atom. The predicted octanol–water partition coefficient (Wildman–Crippen LogP) is 2.12. The van der Waals surface area contributed by atoms with Crippen LogP contribution in [0.3, 0.4) is 0 Å². The second-order valence-corrected chi connectivity index (χ2v) is 4.77. The summed E-state index contributed by atoms with van der Waals surface area (Å²) < 4.78 is 0. The molecule has 0 radical (unpaired) electrons. The summed E-state index contributed by atoms with van der Waals surface area (Å²) in [5.74, 6) is -0.0593. The Balaban J connectivity index is 2.27. The summed E-state index contributed by atoms with van der Waals surface area (Å²) in [4.78, 5) is 26.1. The van der Waals surface area contributed by atoms with E-state index in [4.69, 9.17) is 11.6 Å². The molecule has 0 aromatic carbocycles. The van der Waals surface area contributed by atoms with Crippen LogP contribution in [0.5, 0.6) is 0 Å². The van der Waals surface area contributed by atoms with Crippen LogP contribution in [0, 0.1) is 0 Å². The summed E-state index contributed by atoms with van der Waals surface area (Å²) in [7, 11) is 0. The van der Waals surface area contributed by atoms with E-state index in [9.17, 15) is 4.79 Å². The van der Waals surface area contributed by atoms with Crippen molar-refractivity contribution in [2.24, 2.45) is 0 Å². The van der Waals surface area contributed by atoms with Crippen LogP contribution in [-0.4, -0.2) is 30.7 Å². The third kappa shape index (κ3) is 2.55. The molecule has 0 spiro atoms. The molecule has 0 saturated heterocycles. The van der Waals surface area contributed by atoms with Crippen molar-refractivity contribution in [2.75, 3.05) is 5.32 Å². The molecular formula is C9H9BrClN5O. The second kappa shape index (κ2) is 4.97. The van der Waals surface area contributed by atoms with Gasteiger partial charge in [-0.3, -0.25) is 10.1 Å². The largest absolute Gasteiger partial charge is 0.341 e. The lowest BCUT2D eigenvalue weighted by atomic mass is 10.3. The van der Waals surface area contributed by atoms with Crippen molar-refractivity contribution < 1.29 is 4.79 Å². The molecule has 2 rings (SSSR count). The summed E-state index contributed by atoms with van der Waals surface area (Å²) in [6, 6.07) is 0. The number of rotatable bonds is 3. The average molecular weight is 319 g/mol. The molecule has 0 aliphatic rings. The zero-order valence-corrected chi connectivity index (χ0v) is 11.2. The lowest BCUT2D eigenvalue weighted by Gasteiger charge is -2.07. The number of hydrogen-bond donors (Lipinski definition) is 2. The smallest absolute Gasteiger partial charge is 0.240 e. The first-order valence-electron chi connectivity index (χ1n) is 4.93. The van der Waals surface area contributed by atoms with Gasteiger partial charge >= 0.3 is 0 Å². The molecule has 0 aliphatic carbocycles. The fourth-order valence-corrected chi connectivity index (χ4v) is 1.56. The lowest BCUT2D eigenvalue weighted by molar-refractivity contribution is -0.115. The molecule has 0 saturated carbocycles. The minimum atomic E-state index is -0.278. The van der Waals surface area contributed by atoms with Crippen LogP contribution in [0.4, 0.5) is 5.95 Å². The number of imidazole rings is 1. The molecule has 2 aromatic heterocycles. The number of carbonyl (C=O) groups excluding carboxylic acids is 1. The van der Waals surface area contributed by atoms with Gasteiger partial charge in [-0.1, -0.05) is 34.5 Å². The molecule has 0 fully saturated rings. The number of carbonyl (C=O) groups is 1. The minimum absolute atomic E-state index is 0.150. The van der Waals surface area contributed by atoms with Gasteiger partial charge in [-0.15, -0.1) is 0 Å². The van der Waals surface area contributed by atoms with Crippen LogP contribution >= 0.6 is 27.5 Å². The van der Waals surface area contributed by atoms with E-state index in [-0.39, 0.29) is 21.8 Å². The fourth-order valence-electron chi connectivity index (χ4n) is 1.23. The monoisotopic (exact) mass is 317 g/mol. The molecule has 0 aliphatic heterocycles. The van der Waals surface area contributed by atoms with Gasteiger partial charge in [0.1, 0.15) is 5.52 Å². The van der Waals surface area contributed by atoms with E-state index in [0.29, 0.717) is 17.6 Å². The maximum absolute atomic E-state index is 11.6. The topological polar surface area (TPSA) is 83.6 Å². The zero-order valence-electron chi connectivity index (χ0n) is 8.87. The van der Waals surface area contributed by atoms with Gasteiger partial charge in [-0.25, -0.2) is 4.98 Å². The number of fused-ring (bicyclic) bond motifs is 1. The van der Waals surface area contributed by atoms with Crippen molar-refractivity contribution in [3.05, 3.63) is 11.5 Å². The van der Waals surface area contributed by atoms with Gasteiger partial charge in [-0.2, -0.15) is 9.97 Å². The number of alkyl halides is 1. The lowest BCUT2D eigenvalue weighted by Crippen LogP contribution is -2.23. The third-order valence-electron chi connectivity index (χ3n) is 2.12. The summed E-state index contributed by atoms with van der Waals surface area (Å²) in [6.45, 7) is 1.89. The molecule has 2 N–H and O–H groups in total. The molecular weight excluding hydrogens is 309 g/mol. The molecule has 1 atom stereocenters. The van der Waals surface area contributed by atoms with E-state index in [1.165, 1.54) is 6.33 Å². The highest BCUT2D eigenvalue weighted by atomic mass is 79.9. The fraction of sp³-hybridized carbons (Fsp3) is 0.333. The molecule has 8 heteroatoms. The third-order valence-corrected chi connectivity index (χ3v) is 3.46. The number of halogens is 2. The quantitative estimate of drug-likeness (QED) is 0.670. The Bertz CT molecular complexity index is 557. The van der Waals surface area contributed by atoms with Crippen molar-refractivity contribution in [3.8, 4) is 0 Å². The summed E-state index contributed by atoms with van der Waals surface area (Å²) in [5.41, 5.74) is 0.971. The SMILES string of the molecule is CCC(Br)C(=O)Nc1nc(Cl)c2[nH]cnc2n1. The number of aromatic nitrogens is 4. The Morgan fingerprint density at radius 1 is 1.65 bits per heavy atom. The highest BCUT2D eigenvalue weighted by Crippen LogP contribution is 2.18. The molecule has 6 nitrogen and oxygen atoms in total. The number of nitrogens with zero attached hydrogens (tertiary/aromatic N) is 3. The molecule has 90 valence electrons. The molecule has 2 aromatic rings. The Kier molecular flexibility index (Phi) is 3.58. The summed E-state index contributed by atoms with van der Waals surface area (Å²) >= 11 is 9.15. The van der Waals surface area contributed by atoms with Crippen LogP contribution in [0.2, 0.25) is 5.15 Å². The van der Waals surface area contributed by atoms with Crippen LogP contribution < -0.4 is 5.32 Å². The average Bonchev–Trinajstić information content (AvgIpc) is 2.76. The van der Waals surface area contributed by atoms with E-state index in [1.54, 1.807) is 0 Å². The van der Waals surface area contributed by atoms with Gasteiger partial charge in [0.25, 0.3) is 0 Å². The van der Waals surface area contributed by atoms with E-state index >= 15 is 0 Å². The van der Waals surface area contributed by atoms with Crippen LogP contribution in [0.15, 0.2) is 6.33 Å². The van der Waals surface area contributed by atoms with Gasteiger partial charge in [0.2, 0.25) is 11.9 Å². The number of hydrogen-bond acceptors (Lipinski definition) is 4. The van der Waals surface area contributed by atoms with Crippen molar-refractivity contribution in [2.45, 2.75) is 18.2 Å². The van der Waals surface area contributed by atoms with E-state index in [1.807, 2.05) is 6.92 Å². The first-order valence-corrected chi connectivity index (χ1v) is 6.22. The van der Waals surface area contributed by atoms with E-state index in [0.717, 1.165) is 0 Å². The Labute approximate surface area is 110 Å². The Morgan fingerprint density at radius 3 is 3.12 bits per heavy atom. The number of aromatic amines is 1. The number of anilines is 1. The Hall–Kier alpha value is -1.21. The highest BCUT2D eigenvalue weighted by molar-refractivity contribution is 9.10. The highest BCUT2D eigenvalue weighted by Gasteiger charge is 2.15. The maximum atomic E-state index is 11.6. The predicted molar refractivity (Wildman–Crippen MR) is 68.3 cm³/mol. The van der Waals surface area contributed by atoms with Crippen molar-refractivity contribution >= 4 is 50.6 Å². The first-order chi connectivity index (χ1) is 8.11. The standard InChI is InChI=1S/C9H9BrClN5O/c1-2-4(10)8(17)16-9-14-6(11)5-7(15-9)13-3-12-5/h3-4H,2H2,1H3,(H2,12,13,14,15,16,17). The number of amides is 1. The van der Waals surface area contributed by atoms with Gasteiger partial charge in [0.15, 0.2) is 10.8 Å². The van der Waals surface area contributed by atoms with Crippen LogP contribution in [-0.2, 0) is 4.79 Å². The minimum Gasteiger partial charge on any atom is -0.341 e. The van der Waals surface area contributed by atoms with Crippen LogP contribution in [0.1, 0.15) is 13.3 Å². The van der Waals surface area contributed by atoms with Gasteiger partial charge in [0.05, 0.1) is 11.2 Å². The summed E-state index contributed by atoms with van der Waals surface area (Å²) in [6.07, 6.45) is 2.14. The first kappa shape index (κ1) is 12.3. The van der Waals surface area contributed by atoms with Crippen molar-refractivity contribution in [1.82, 2.24) is 19.9 Å². The van der Waals surface area contributed by atoms with Gasteiger partial charge in [0, 0.05) is 0 Å². The second-order valence-electron chi connectivity index (χ2n) is 3.30. The summed E-state index contributed by atoms with van der Waals surface area (Å²) in [5, 5.41) is 2.80. The molecule has 2 heterocycles. The van der Waals surface area contributed by atoms with E-state index < -0.39 is 0 Å². The van der Waals surface area contributed by atoms with Crippen molar-refractivity contribution in [3.63, 3.8) is 0 Å². The zero-order chi connectivity index (χ0) is 12.4.